The van der Waals surface area contributed by atoms with Crippen LogP contribution in [0.15, 0.2) is 30.3 Å². The lowest BCUT2D eigenvalue weighted by Crippen LogP contribution is -1.97. The Hall–Kier alpha value is -0.470. The van der Waals surface area contributed by atoms with Gasteiger partial charge < -0.3 is 4.74 Å². The van der Waals surface area contributed by atoms with Crippen LogP contribution < -0.4 is 0 Å². The van der Waals surface area contributed by atoms with Gasteiger partial charge in [0.15, 0.2) is 0 Å². The summed E-state index contributed by atoms with van der Waals surface area (Å²) in [6, 6.07) is 10.2. The lowest BCUT2D eigenvalue weighted by molar-refractivity contribution is 0.136. The molecule has 0 atom stereocenters. The number of hydrogen-bond acceptors (Lipinski definition) is 2. The van der Waals surface area contributed by atoms with Crippen molar-refractivity contribution in [2.75, 3.05) is 18.1 Å². The molecule has 0 aliphatic carbocycles. The molecule has 0 N–H and O–H groups in total. The molecule has 0 amide bonds. The fraction of sp³-hybridized carbons (Fsp3) is 0.364. The predicted molar refractivity (Wildman–Crippen MR) is 58.8 cm³/mol. The highest BCUT2D eigenvalue weighted by atomic mass is 32.2. The zero-order valence-electron chi connectivity index (χ0n) is 7.74. The van der Waals surface area contributed by atoms with E-state index in [0.29, 0.717) is 0 Å². The van der Waals surface area contributed by atoms with E-state index in [2.05, 4.69) is 19.1 Å². The normalized spacial score (nSPS) is 10.2. The second kappa shape index (κ2) is 6.98. The Bertz CT molecular complexity index is 211. The van der Waals surface area contributed by atoms with Crippen molar-refractivity contribution >= 4 is 11.8 Å². The topological polar surface area (TPSA) is 9.23 Å². The summed E-state index contributed by atoms with van der Waals surface area (Å²) in [4.78, 5) is 0. The standard InChI is InChI=1S/C11H15OS/c1-2-13-9-8-12-10-11-6-4-3-5-7-11/h3-7H,1-2,8-10H2. The van der Waals surface area contributed by atoms with Crippen LogP contribution in [-0.4, -0.2) is 18.1 Å². The SMILES string of the molecule is [CH2]CSCCOCc1ccccc1. The third-order valence-electron chi connectivity index (χ3n) is 1.63. The average Bonchev–Trinajstić information content (AvgIpc) is 2.19. The molecule has 0 spiro atoms. The van der Waals surface area contributed by atoms with E-state index in [1.54, 1.807) is 0 Å². The summed E-state index contributed by atoms with van der Waals surface area (Å²) >= 11 is 1.81. The Kier molecular flexibility index (Phi) is 5.70. The first-order valence-corrected chi connectivity index (χ1v) is 5.57. The minimum atomic E-state index is 0.721. The van der Waals surface area contributed by atoms with Gasteiger partial charge in [-0.05, 0) is 18.2 Å². The highest BCUT2D eigenvalue weighted by Crippen LogP contribution is 2.02. The highest BCUT2D eigenvalue weighted by Gasteiger charge is 1.91. The summed E-state index contributed by atoms with van der Waals surface area (Å²) in [5, 5.41) is 0. The molecular weight excluding hydrogens is 180 g/mol. The van der Waals surface area contributed by atoms with Crippen LogP contribution in [0.1, 0.15) is 5.56 Å². The molecule has 0 aliphatic heterocycles. The van der Waals surface area contributed by atoms with Crippen LogP contribution in [0.5, 0.6) is 0 Å². The van der Waals surface area contributed by atoms with Crippen LogP contribution in [0, 0.1) is 6.92 Å². The molecule has 0 aromatic heterocycles. The Balaban J connectivity index is 2.07. The van der Waals surface area contributed by atoms with Gasteiger partial charge in [0.2, 0.25) is 0 Å². The molecule has 1 nitrogen and oxygen atoms in total. The molecule has 2 heteroatoms. The molecule has 1 aromatic rings. The molecule has 0 bridgehead atoms. The van der Waals surface area contributed by atoms with Crippen molar-refractivity contribution in [3.63, 3.8) is 0 Å². The summed E-state index contributed by atoms with van der Waals surface area (Å²) in [5.74, 6) is 1.96. The van der Waals surface area contributed by atoms with Crippen LogP contribution in [-0.2, 0) is 11.3 Å². The number of hydrogen-bond donors (Lipinski definition) is 0. The number of ether oxygens (including phenoxy) is 1. The van der Waals surface area contributed by atoms with Crippen LogP contribution in [0.2, 0.25) is 0 Å². The highest BCUT2D eigenvalue weighted by molar-refractivity contribution is 7.99. The first kappa shape index (κ1) is 10.6. The third-order valence-corrected chi connectivity index (χ3v) is 2.37. The zero-order chi connectivity index (χ0) is 9.36. The zero-order valence-corrected chi connectivity index (χ0v) is 8.56. The summed E-state index contributed by atoms with van der Waals surface area (Å²) in [5.41, 5.74) is 1.24. The number of benzene rings is 1. The Morgan fingerprint density at radius 1 is 1.23 bits per heavy atom. The maximum atomic E-state index is 5.47. The van der Waals surface area contributed by atoms with Crippen molar-refractivity contribution in [1.82, 2.24) is 0 Å². The van der Waals surface area contributed by atoms with Crippen LogP contribution in [0.25, 0.3) is 0 Å². The van der Waals surface area contributed by atoms with Crippen LogP contribution >= 0.6 is 11.8 Å². The quantitative estimate of drug-likeness (QED) is 0.645. The van der Waals surface area contributed by atoms with Crippen molar-refractivity contribution in [2.24, 2.45) is 0 Å². The Labute approximate surface area is 84.5 Å². The van der Waals surface area contributed by atoms with E-state index in [4.69, 9.17) is 4.74 Å². The Morgan fingerprint density at radius 3 is 2.69 bits per heavy atom. The van der Waals surface area contributed by atoms with E-state index < -0.39 is 0 Å². The first-order chi connectivity index (χ1) is 6.43. The second-order valence-corrected chi connectivity index (χ2v) is 3.88. The van der Waals surface area contributed by atoms with Crippen molar-refractivity contribution in [2.45, 2.75) is 6.61 Å². The maximum absolute atomic E-state index is 5.47. The predicted octanol–water partition coefficient (Wildman–Crippen LogP) is 2.77. The van der Waals surface area contributed by atoms with Gasteiger partial charge in [0.1, 0.15) is 0 Å². The molecule has 0 saturated heterocycles. The van der Waals surface area contributed by atoms with E-state index in [-0.39, 0.29) is 0 Å². The molecule has 0 aliphatic rings. The maximum Gasteiger partial charge on any atom is 0.0717 e. The Morgan fingerprint density at radius 2 is 2.00 bits per heavy atom. The summed E-state index contributed by atoms with van der Waals surface area (Å²) in [6.45, 7) is 5.28. The van der Waals surface area contributed by atoms with Gasteiger partial charge in [-0.3, -0.25) is 0 Å². The minimum Gasteiger partial charge on any atom is -0.376 e. The average molecular weight is 195 g/mol. The van der Waals surface area contributed by atoms with Gasteiger partial charge in [-0.25, -0.2) is 0 Å². The van der Waals surface area contributed by atoms with Gasteiger partial charge in [-0.15, -0.1) is 0 Å². The van der Waals surface area contributed by atoms with Crippen molar-refractivity contribution in [3.8, 4) is 0 Å². The van der Waals surface area contributed by atoms with Gasteiger partial charge in [-0.1, -0.05) is 30.3 Å². The van der Waals surface area contributed by atoms with E-state index in [1.165, 1.54) is 5.56 Å². The number of rotatable bonds is 6. The van der Waals surface area contributed by atoms with Crippen molar-refractivity contribution in [3.05, 3.63) is 42.8 Å². The van der Waals surface area contributed by atoms with Crippen LogP contribution in [0.4, 0.5) is 0 Å². The molecule has 0 fully saturated rings. The monoisotopic (exact) mass is 195 g/mol. The second-order valence-electron chi connectivity index (χ2n) is 2.65. The van der Waals surface area contributed by atoms with Gasteiger partial charge in [0.25, 0.3) is 0 Å². The summed E-state index contributed by atoms with van der Waals surface area (Å²) in [7, 11) is 0. The fourth-order valence-corrected chi connectivity index (χ4v) is 1.42. The van der Waals surface area contributed by atoms with E-state index in [9.17, 15) is 0 Å². The van der Waals surface area contributed by atoms with Gasteiger partial charge in [0.05, 0.1) is 13.2 Å². The molecule has 1 aromatic carbocycles. The molecule has 0 unspecified atom stereocenters. The largest absolute Gasteiger partial charge is 0.376 e. The van der Waals surface area contributed by atoms with Crippen LogP contribution in [0.3, 0.4) is 0 Å². The first-order valence-electron chi connectivity index (χ1n) is 4.42. The van der Waals surface area contributed by atoms with Crippen molar-refractivity contribution < 1.29 is 4.74 Å². The summed E-state index contributed by atoms with van der Waals surface area (Å²) in [6.07, 6.45) is 0. The van der Waals surface area contributed by atoms with E-state index in [0.717, 1.165) is 24.7 Å². The fourth-order valence-electron chi connectivity index (χ4n) is 0.984. The van der Waals surface area contributed by atoms with E-state index >= 15 is 0 Å². The van der Waals surface area contributed by atoms with Crippen molar-refractivity contribution in [1.29, 1.82) is 0 Å². The van der Waals surface area contributed by atoms with Gasteiger partial charge in [-0.2, -0.15) is 11.8 Å². The molecule has 0 saturated carbocycles. The molecule has 1 rings (SSSR count). The molecule has 1 radical (unpaired) electrons. The lowest BCUT2D eigenvalue weighted by Gasteiger charge is -2.02. The minimum absolute atomic E-state index is 0.721. The smallest absolute Gasteiger partial charge is 0.0717 e. The molecule has 0 heterocycles. The molecule has 71 valence electrons. The van der Waals surface area contributed by atoms with Gasteiger partial charge >= 0.3 is 0 Å². The summed E-state index contributed by atoms with van der Waals surface area (Å²) < 4.78 is 5.47. The van der Waals surface area contributed by atoms with Gasteiger partial charge in [0, 0.05) is 5.75 Å². The lowest BCUT2D eigenvalue weighted by atomic mass is 10.2. The molecule has 13 heavy (non-hydrogen) atoms. The van der Waals surface area contributed by atoms with E-state index in [1.807, 2.05) is 30.0 Å². The number of thioether (sulfide) groups is 1. The molecular formula is C11H15OS. The third kappa shape index (κ3) is 4.96.